The minimum atomic E-state index is -3.85. The average Bonchev–Trinajstić information content (AvgIpc) is 3.73. The van der Waals surface area contributed by atoms with Crippen LogP contribution in [0, 0.1) is 29.3 Å². The number of aromatic nitrogens is 1. The van der Waals surface area contributed by atoms with Gasteiger partial charge in [0.15, 0.2) is 9.84 Å². The number of benzene rings is 3. The van der Waals surface area contributed by atoms with Gasteiger partial charge in [0, 0.05) is 52.1 Å². The Morgan fingerprint density at radius 1 is 1.05 bits per heavy atom. The second-order valence-electron chi connectivity index (χ2n) is 9.07. The lowest BCUT2D eigenvalue weighted by atomic mass is 10.1. The Labute approximate surface area is 241 Å². The molecule has 0 bridgehead atoms. The van der Waals surface area contributed by atoms with Crippen LogP contribution in [-0.4, -0.2) is 31.2 Å². The van der Waals surface area contributed by atoms with Crippen molar-refractivity contribution in [3.63, 3.8) is 0 Å². The van der Waals surface area contributed by atoms with Crippen molar-refractivity contribution in [3.05, 3.63) is 82.2 Å². The molecule has 5 rings (SSSR count). The summed E-state index contributed by atoms with van der Waals surface area (Å²) in [6.45, 7) is 1.74. The van der Waals surface area contributed by atoms with Crippen molar-refractivity contribution < 1.29 is 35.9 Å². The van der Waals surface area contributed by atoms with E-state index in [4.69, 9.17) is 9.47 Å². The maximum Gasteiger partial charge on any atom is 0.384 e. The second-order valence-corrected chi connectivity index (χ2v) is 12.2. The number of anilines is 2. The molecule has 1 aliphatic rings. The molecule has 0 saturated heterocycles. The molecule has 1 saturated carbocycles. The third-order valence-corrected chi connectivity index (χ3v) is 8.68. The van der Waals surface area contributed by atoms with E-state index in [0.29, 0.717) is 23.4 Å². The number of carbonyl (C=O) groups excluding carboxylic acids is 1. The molecule has 0 spiro atoms. The van der Waals surface area contributed by atoms with Gasteiger partial charge in [0.2, 0.25) is 0 Å². The number of halogens is 4. The number of esters is 1. The number of hydrogen-bond acceptors (Lipinski definition) is 7. The van der Waals surface area contributed by atoms with Crippen LogP contribution in [0.1, 0.15) is 25.3 Å². The Morgan fingerprint density at radius 3 is 2.44 bits per heavy atom. The normalized spacial score (nSPS) is 12.9. The molecule has 0 aliphatic heterocycles. The van der Waals surface area contributed by atoms with Gasteiger partial charge in [-0.2, -0.15) is 0 Å². The highest BCUT2D eigenvalue weighted by Gasteiger charge is 2.39. The van der Waals surface area contributed by atoms with Gasteiger partial charge in [-0.1, -0.05) is 21.9 Å². The molecular formula is C29H20BrF3N2O5S. The molecule has 0 radical (unpaired) electrons. The van der Waals surface area contributed by atoms with Crippen molar-refractivity contribution in [1.82, 2.24) is 4.98 Å². The molecule has 0 unspecified atom stereocenters. The van der Waals surface area contributed by atoms with E-state index in [0.717, 1.165) is 12.1 Å². The lowest BCUT2D eigenvalue weighted by molar-refractivity contribution is -0.136. The predicted octanol–water partition coefficient (Wildman–Crippen LogP) is 6.80. The van der Waals surface area contributed by atoms with Gasteiger partial charge >= 0.3 is 5.97 Å². The lowest BCUT2D eigenvalue weighted by Crippen LogP contribution is -2.11. The molecule has 7 nitrogen and oxygen atoms in total. The van der Waals surface area contributed by atoms with E-state index in [1.807, 2.05) is 0 Å². The minimum absolute atomic E-state index is 0.0429. The zero-order valence-electron chi connectivity index (χ0n) is 21.3. The largest absolute Gasteiger partial charge is 0.457 e. The van der Waals surface area contributed by atoms with Gasteiger partial charge in [0.05, 0.1) is 28.4 Å². The van der Waals surface area contributed by atoms with Crippen molar-refractivity contribution in [1.29, 1.82) is 0 Å². The lowest BCUT2D eigenvalue weighted by Gasteiger charge is -2.17. The summed E-state index contributed by atoms with van der Waals surface area (Å²) in [6, 6.07) is 9.65. The van der Waals surface area contributed by atoms with Crippen LogP contribution in [0.5, 0.6) is 11.5 Å². The number of rotatable bonds is 7. The molecule has 3 aromatic carbocycles. The van der Waals surface area contributed by atoms with Gasteiger partial charge < -0.3 is 14.8 Å². The zero-order chi connectivity index (χ0) is 29.3. The highest BCUT2D eigenvalue weighted by molar-refractivity contribution is 9.10. The van der Waals surface area contributed by atoms with E-state index in [9.17, 15) is 22.0 Å². The van der Waals surface area contributed by atoms with Gasteiger partial charge in [0.25, 0.3) is 0 Å². The molecule has 1 fully saturated rings. The third kappa shape index (κ3) is 6.47. The number of ether oxygens (including phenoxy) is 2. The zero-order valence-corrected chi connectivity index (χ0v) is 23.7. The Morgan fingerprint density at radius 2 is 1.76 bits per heavy atom. The van der Waals surface area contributed by atoms with Crippen LogP contribution >= 0.6 is 15.9 Å². The molecule has 41 heavy (non-hydrogen) atoms. The van der Waals surface area contributed by atoms with Crippen LogP contribution in [0.25, 0.3) is 10.9 Å². The maximum atomic E-state index is 15.3. The summed E-state index contributed by atoms with van der Waals surface area (Å²) >= 11 is 3.23. The van der Waals surface area contributed by atoms with Gasteiger partial charge in [-0.3, -0.25) is 4.98 Å². The molecule has 12 heteroatoms. The number of nitrogens with one attached hydrogen (secondary N) is 1. The van der Waals surface area contributed by atoms with Gasteiger partial charge in [-0.05, 0) is 44.0 Å². The Hall–Kier alpha value is -4.08. The minimum Gasteiger partial charge on any atom is -0.457 e. The number of hydrogen-bond donors (Lipinski definition) is 1. The molecule has 210 valence electrons. The molecule has 4 aromatic rings. The predicted molar refractivity (Wildman–Crippen MR) is 149 cm³/mol. The molecule has 1 aromatic heterocycles. The number of fused-ring (bicyclic) bond motifs is 1. The Bertz CT molecular complexity index is 1850. The molecule has 0 amide bonds. The fourth-order valence-corrected chi connectivity index (χ4v) is 6.25. The number of pyridine rings is 1. The number of carbonyl (C=O) groups is 1. The van der Waals surface area contributed by atoms with Crippen molar-refractivity contribution in [2.75, 3.05) is 11.9 Å². The maximum absolute atomic E-state index is 15.3. The van der Waals surface area contributed by atoms with Crippen molar-refractivity contribution >= 4 is 54.0 Å². The first kappa shape index (κ1) is 28.4. The fraction of sp³-hybridized carbons (Fsp3) is 0.172. The Balaban J connectivity index is 1.66. The number of sulfone groups is 1. The summed E-state index contributed by atoms with van der Waals surface area (Å²) in [7, 11) is -3.85. The smallest absolute Gasteiger partial charge is 0.384 e. The first-order valence-electron chi connectivity index (χ1n) is 12.3. The van der Waals surface area contributed by atoms with Crippen LogP contribution in [0.15, 0.2) is 64.1 Å². The average molecular weight is 645 g/mol. The van der Waals surface area contributed by atoms with Crippen LogP contribution in [0.3, 0.4) is 0 Å². The fourth-order valence-electron chi connectivity index (χ4n) is 4.08. The van der Waals surface area contributed by atoms with E-state index in [1.54, 1.807) is 13.0 Å². The topological polar surface area (TPSA) is 94.6 Å². The Kier molecular flexibility index (Phi) is 7.93. The monoisotopic (exact) mass is 644 g/mol. The standard InChI is InChI=1S/C29H20BrF3N2O5S/c1-2-39-27(36)6-3-16-7-20(14-21(8-16)40-22-12-18(31)11-19(32)13-22)35-29-26(41(37,38)23-4-5-23)15-34-25-10-17(30)9-24(33)28(25)29/h7-15,23H,2,4-5H2,1H3,(H,34,35). The van der Waals surface area contributed by atoms with Crippen LogP contribution in [0.4, 0.5) is 24.5 Å². The van der Waals surface area contributed by atoms with E-state index in [1.165, 1.54) is 30.5 Å². The van der Waals surface area contributed by atoms with Gasteiger partial charge in [-0.25, -0.2) is 26.4 Å². The first-order valence-corrected chi connectivity index (χ1v) is 14.6. The summed E-state index contributed by atoms with van der Waals surface area (Å²) in [5.41, 5.74) is 0.543. The van der Waals surface area contributed by atoms with Crippen LogP contribution in [0.2, 0.25) is 0 Å². The molecule has 1 aliphatic carbocycles. The summed E-state index contributed by atoms with van der Waals surface area (Å²) in [4.78, 5) is 15.8. The highest BCUT2D eigenvalue weighted by atomic mass is 79.9. The second kappa shape index (κ2) is 11.4. The van der Waals surface area contributed by atoms with E-state index in [-0.39, 0.29) is 50.8 Å². The van der Waals surface area contributed by atoms with Crippen molar-refractivity contribution in [2.24, 2.45) is 0 Å². The van der Waals surface area contributed by atoms with Crippen molar-refractivity contribution in [3.8, 4) is 23.3 Å². The summed E-state index contributed by atoms with van der Waals surface area (Å²) in [5.74, 6) is 1.60. The van der Waals surface area contributed by atoms with Crippen molar-refractivity contribution in [2.45, 2.75) is 29.9 Å². The molecular weight excluding hydrogens is 625 g/mol. The molecule has 0 atom stereocenters. The summed E-state index contributed by atoms with van der Waals surface area (Å²) < 4.78 is 80.5. The van der Waals surface area contributed by atoms with Crippen LogP contribution < -0.4 is 10.1 Å². The van der Waals surface area contributed by atoms with Gasteiger partial charge in [-0.15, -0.1) is 0 Å². The SMILES string of the molecule is CCOC(=O)C#Cc1cc(Nc2c(S(=O)(=O)C3CC3)cnc3cc(Br)cc(F)c23)cc(Oc2cc(F)cc(F)c2)c1. The van der Waals surface area contributed by atoms with E-state index < -0.39 is 38.5 Å². The highest BCUT2D eigenvalue weighted by Crippen LogP contribution is 2.41. The first-order chi connectivity index (χ1) is 19.5. The van der Waals surface area contributed by atoms with E-state index >= 15 is 4.39 Å². The quantitative estimate of drug-likeness (QED) is 0.175. The third-order valence-electron chi connectivity index (χ3n) is 5.95. The van der Waals surface area contributed by atoms with E-state index in [2.05, 4.69) is 38.1 Å². The van der Waals surface area contributed by atoms with Gasteiger partial charge in [0.1, 0.15) is 33.8 Å². The molecule has 1 N–H and O–H groups in total. The molecule has 1 heterocycles. The number of nitrogens with zero attached hydrogens (tertiary/aromatic N) is 1. The van der Waals surface area contributed by atoms with Crippen LogP contribution in [-0.2, 0) is 19.4 Å². The summed E-state index contributed by atoms with van der Waals surface area (Å²) in [5, 5.41) is 2.31. The summed E-state index contributed by atoms with van der Waals surface area (Å²) in [6.07, 6.45) is 2.13.